The highest BCUT2D eigenvalue weighted by molar-refractivity contribution is 6.32. The Kier molecular flexibility index (Phi) is 6.35. The minimum atomic E-state index is -0.497. The van der Waals surface area contributed by atoms with Crippen molar-refractivity contribution in [2.45, 2.75) is 12.6 Å². The monoisotopic (exact) mass is 292 g/mol. The number of nitrogens with zero attached hydrogens (tertiary/aromatic N) is 1. The molecule has 7 heteroatoms. The van der Waals surface area contributed by atoms with Crippen LogP contribution < -0.4 is 5.32 Å². The molecule has 1 N–H and O–H groups in total. The summed E-state index contributed by atoms with van der Waals surface area (Å²) < 4.78 is 10.0. The Morgan fingerprint density at radius 1 is 1.44 bits per heavy atom. The lowest BCUT2D eigenvalue weighted by Gasteiger charge is -2.14. The maximum absolute atomic E-state index is 11.7. The topological polar surface area (TPSA) is 60.5 Å². The van der Waals surface area contributed by atoms with Gasteiger partial charge in [0.2, 0.25) is 0 Å². The van der Waals surface area contributed by atoms with Gasteiger partial charge in [0.05, 0.1) is 6.61 Å². The molecule has 18 heavy (non-hydrogen) atoms. The second-order valence-corrected chi connectivity index (χ2v) is 4.30. The quantitative estimate of drug-likeness (QED) is 0.638. The van der Waals surface area contributed by atoms with Crippen molar-refractivity contribution >= 4 is 29.2 Å². The molecule has 1 rings (SSSR count). The molecule has 100 valence electrons. The molecule has 0 fully saturated rings. The Balaban J connectivity index is 2.56. The number of hydrogen-bond donors (Lipinski definition) is 1. The van der Waals surface area contributed by atoms with Crippen molar-refractivity contribution in [2.24, 2.45) is 0 Å². The van der Waals surface area contributed by atoms with Gasteiger partial charge in [0.15, 0.2) is 0 Å². The van der Waals surface area contributed by atoms with Crippen molar-refractivity contribution in [1.29, 1.82) is 0 Å². The number of aromatic nitrogens is 1. The lowest BCUT2D eigenvalue weighted by Crippen LogP contribution is -2.39. The molecule has 0 saturated carbocycles. The number of pyridine rings is 1. The molecule has 1 aromatic heterocycles. The van der Waals surface area contributed by atoms with Gasteiger partial charge < -0.3 is 14.8 Å². The van der Waals surface area contributed by atoms with Gasteiger partial charge in [-0.15, -0.1) is 0 Å². The molecule has 1 heterocycles. The SMILES string of the molecule is CN[C@@H](COC)C(=O)OCc1cc(Cl)nc(Cl)c1. The number of carbonyl (C=O) groups is 1. The predicted molar refractivity (Wildman–Crippen MR) is 68.8 cm³/mol. The van der Waals surface area contributed by atoms with Crippen molar-refractivity contribution in [1.82, 2.24) is 10.3 Å². The fourth-order valence-electron chi connectivity index (χ4n) is 1.29. The van der Waals surface area contributed by atoms with Crippen molar-refractivity contribution in [2.75, 3.05) is 20.8 Å². The molecule has 0 spiro atoms. The van der Waals surface area contributed by atoms with Gasteiger partial charge >= 0.3 is 5.97 Å². The largest absolute Gasteiger partial charge is 0.460 e. The third kappa shape index (κ3) is 4.78. The van der Waals surface area contributed by atoms with Gasteiger partial charge in [0.1, 0.15) is 23.0 Å². The molecule has 0 saturated heterocycles. The third-order valence-corrected chi connectivity index (χ3v) is 2.56. The normalized spacial score (nSPS) is 12.2. The van der Waals surface area contributed by atoms with Crippen LogP contribution in [0.15, 0.2) is 12.1 Å². The van der Waals surface area contributed by atoms with Gasteiger partial charge in [-0.05, 0) is 24.7 Å². The summed E-state index contributed by atoms with van der Waals surface area (Å²) in [5.41, 5.74) is 0.681. The van der Waals surface area contributed by atoms with E-state index in [1.807, 2.05) is 0 Å². The first-order chi connectivity index (χ1) is 8.56. The molecule has 1 atom stereocenters. The average molecular weight is 293 g/mol. The standard InChI is InChI=1S/C11H14Cl2N2O3/c1-14-8(6-17-2)11(16)18-5-7-3-9(12)15-10(13)4-7/h3-4,8,14H,5-6H2,1-2H3/t8-/m0/s1. The van der Waals surface area contributed by atoms with Crippen LogP contribution in [0.3, 0.4) is 0 Å². The van der Waals surface area contributed by atoms with E-state index < -0.39 is 12.0 Å². The number of rotatable bonds is 6. The summed E-state index contributed by atoms with van der Waals surface area (Å²) in [6, 6.07) is 2.68. The first kappa shape index (κ1) is 15.2. The number of likely N-dealkylation sites (N-methyl/N-ethyl adjacent to an activating group) is 1. The van der Waals surface area contributed by atoms with Crippen LogP contribution in [-0.4, -0.2) is 37.8 Å². The number of nitrogens with one attached hydrogen (secondary N) is 1. The zero-order chi connectivity index (χ0) is 13.5. The fourth-order valence-corrected chi connectivity index (χ4v) is 1.79. The van der Waals surface area contributed by atoms with Crippen LogP contribution in [-0.2, 0) is 20.9 Å². The minimum absolute atomic E-state index is 0.0860. The first-order valence-electron chi connectivity index (χ1n) is 5.21. The number of carbonyl (C=O) groups excluding carboxylic acids is 1. The van der Waals surface area contributed by atoms with Gasteiger partial charge in [0.25, 0.3) is 0 Å². The van der Waals surface area contributed by atoms with E-state index in [-0.39, 0.29) is 23.5 Å². The van der Waals surface area contributed by atoms with E-state index in [1.54, 1.807) is 19.2 Å². The fraction of sp³-hybridized carbons (Fsp3) is 0.455. The summed E-state index contributed by atoms with van der Waals surface area (Å²) in [6.45, 7) is 0.329. The van der Waals surface area contributed by atoms with Gasteiger partial charge in [-0.25, -0.2) is 4.98 Å². The Morgan fingerprint density at radius 3 is 2.56 bits per heavy atom. The van der Waals surface area contributed by atoms with E-state index in [0.29, 0.717) is 5.56 Å². The Morgan fingerprint density at radius 2 is 2.06 bits per heavy atom. The van der Waals surface area contributed by atoms with Crippen LogP contribution in [0.5, 0.6) is 0 Å². The molecule has 0 unspecified atom stereocenters. The molecule has 0 aromatic carbocycles. The number of halogens is 2. The molecule has 1 aromatic rings. The van der Waals surface area contributed by atoms with E-state index in [4.69, 9.17) is 32.7 Å². The molecular formula is C11H14Cl2N2O3. The Hall–Kier alpha value is -0.880. The lowest BCUT2D eigenvalue weighted by molar-refractivity contribution is -0.148. The molecule has 5 nitrogen and oxygen atoms in total. The van der Waals surface area contributed by atoms with Crippen LogP contribution in [0, 0.1) is 0 Å². The van der Waals surface area contributed by atoms with Crippen LogP contribution in [0.2, 0.25) is 10.3 Å². The van der Waals surface area contributed by atoms with E-state index in [1.165, 1.54) is 7.11 Å². The summed E-state index contributed by atoms with van der Waals surface area (Å²) >= 11 is 11.5. The summed E-state index contributed by atoms with van der Waals surface area (Å²) in [4.78, 5) is 15.5. The first-order valence-corrected chi connectivity index (χ1v) is 5.97. The Bertz CT molecular complexity index is 395. The van der Waals surface area contributed by atoms with Crippen molar-refractivity contribution in [3.8, 4) is 0 Å². The maximum Gasteiger partial charge on any atom is 0.325 e. The van der Waals surface area contributed by atoms with Gasteiger partial charge in [-0.1, -0.05) is 23.2 Å². The molecule has 0 radical (unpaired) electrons. The lowest BCUT2D eigenvalue weighted by atomic mass is 10.3. The summed E-state index contributed by atoms with van der Waals surface area (Å²) in [6.07, 6.45) is 0. The van der Waals surface area contributed by atoms with E-state index in [0.717, 1.165) is 0 Å². The summed E-state index contributed by atoms with van der Waals surface area (Å²) in [5, 5.41) is 3.32. The van der Waals surface area contributed by atoms with Crippen LogP contribution in [0.1, 0.15) is 5.56 Å². The predicted octanol–water partition coefficient (Wildman–Crippen LogP) is 1.67. The van der Waals surface area contributed by atoms with Crippen LogP contribution in [0.4, 0.5) is 0 Å². The molecular weight excluding hydrogens is 279 g/mol. The molecule has 0 aliphatic heterocycles. The van der Waals surface area contributed by atoms with Gasteiger partial charge in [-0.2, -0.15) is 0 Å². The molecule has 0 aliphatic carbocycles. The zero-order valence-corrected chi connectivity index (χ0v) is 11.6. The van der Waals surface area contributed by atoms with Gasteiger partial charge in [0, 0.05) is 7.11 Å². The second kappa shape index (κ2) is 7.53. The summed E-state index contributed by atoms with van der Waals surface area (Å²) in [7, 11) is 3.17. The highest BCUT2D eigenvalue weighted by Gasteiger charge is 2.17. The molecule has 0 bridgehead atoms. The van der Waals surface area contributed by atoms with E-state index in [9.17, 15) is 4.79 Å². The molecule has 0 amide bonds. The zero-order valence-electron chi connectivity index (χ0n) is 10.1. The summed E-state index contributed by atoms with van der Waals surface area (Å²) in [5.74, 6) is -0.400. The van der Waals surface area contributed by atoms with Gasteiger partial charge in [-0.3, -0.25) is 4.79 Å². The van der Waals surface area contributed by atoms with E-state index in [2.05, 4.69) is 10.3 Å². The number of ether oxygens (including phenoxy) is 2. The highest BCUT2D eigenvalue weighted by atomic mass is 35.5. The number of hydrogen-bond acceptors (Lipinski definition) is 5. The second-order valence-electron chi connectivity index (χ2n) is 3.53. The molecule has 0 aliphatic rings. The number of esters is 1. The third-order valence-electron chi connectivity index (χ3n) is 2.17. The minimum Gasteiger partial charge on any atom is -0.460 e. The van der Waals surface area contributed by atoms with Crippen molar-refractivity contribution in [3.05, 3.63) is 28.0 Å². The van der Waals surface area contributed by atoms with Crippen LogP contribution >= 0.6 is 23.2 Å². The maximum atomic E-state index is 11.7. The van der Waals surface area contributed by atoms with Crippen LogP contribution in [0.25, 0.3) is 0 Å². The Labute approximate surface area is 115 Å². The highest BCUT2D eigenvalue weighted by Crippen LogP contribution is 2.15. The average Bonchev–Trinajstić information content (AvgIpc) is 2.32. The van der Waals surface area contributed by atoms with Crippen molar-refractivity contribution in [3.63, 3.8) is 0 Å². The van der Waals surface area contributed by atoms with E-state index >= 15 is 0 Å². The number of methoxy groups -OCH3 is 1. The van der Waals surface area contributed by atoms with Crippen molar-refractivity contribution < 1.29 is 14.3 Å². The smallest absolute Gasteiger partial charge is 0.325 e.